The van der Waals surface area contributed by atoms with E-state index in [9.17, 15) is 0 Å². The van der Waals surface area contributed by atoms with Crippen molar-refractivity contribution < 1.29 is 0 Å². The van der Waals surface area contributed by atoms with E-state index in [0.29, 0.717) is 0 Å². The molecule has 35 heavy (non-hydrogen) atoms. The first-order valence-corrected chi connectivity index (χ1v) is 16.9. The maximum atomic E-state index is 7.01. The summed E-state index contributed by atoms with van der Waals surface area (Å²) in [6.45, 7) is 0. The van der Waals surface area contributed by atoms with Gasteiger partial charge in [0.1, 0.15) is 0 Å². The minimum absolute atomic E-state index is 1.23. The van der Waals surface area contributed by atoms with Crippen molar-refractivity contribution in [3.63, 3.8) is 0 Å². The van der Waals surface area contributed by atoms with Crippen LogP contribution in [0.15, 0.2) is 123 Å². The highest BCUT2D eigenvalue weighted by atomic mass is 32.4. The Balaban J connectivity index is 1.73. The minimum Gasteiger partial charge on any atom is -0.152 e. The molecule has 3 aromatic carbocycles. The highest BCUT2D eigenvalue weighted by molar-refractivity contribution is 8.25. The monoisotopic (exact) mass is 540 g/mol. The molecule has 0 aliphatic rings. The number of hydrogen-bond donors (Lipinski definition) is 0. The van der Waals surface area contributed by atoms with Gasteiger partial charge in [0.2, 0.25) is 0 Å². The van der Waals surface area contributed by atoms with Crippen molar-refractivity contribution in [3.05, 3.63) is 123 Å². The van der Waals surface area contributed by atoms with Gasteiger partial charge in [-0.25, -0.2) is 0 Å². The molecule has 170 valence electrons. The number of benzene rings is 3. The Kier molecular flexibility index (Phi) is 6.40. The lowest BCUT2D eigenvalue weighted by Crippen LogP contribution is -2.28. The van der Waals surface area contributed by atoms with Crippen LogP contribution in [0, 0.1) is 0 Å². The molecule has 0 N–H and O–H groups in total. The summed E-state index contributed by atoms with van der Waals surface area (Å²) in [5, 5.41) is 16.9. The summed E-state index contributed by atoms with van der Waals surface area (Å²) in [5.74, 6) is 0. The van der Waals surface area contributed by atoms with Crippen LogP contribution in [0.25, 0.3) is 33.4 Å². The van der Waals surface area contributed by atoms with Crippen molar-refractivity contribution in [2.45, 2.75) is 0 Å². The van der Waals surface area contributed by atoms with Crippen molar-refractivity contribution in [2.75, 3.05) is 0 Å². The Morgan fingerprint density at radius 1 is 0.429 bits per heavy atom. The van der Waals surface area contributed by atoms with E-state index in [1.54, 1.807) is 34.0 Å². The van der Waals surface area contributed by atoms with E-state index in [-0.39, 0.29) is 0 Å². The van der Waals surface area contributed by atoms with Gasteiger partial charge in [0.05, 0.1) is 0 Å². The van der Waals surface area contributed by atoms with Gasteiger partial charge in [0.25, 0.3) is 0 Å². The second-order valence-corrected chi connectivity index (χ2v) is 14.8. The van der Waals surface area contributed by atoms with Crippen LogP contribution in [0.3, 0.4) is 0 Å². The highest BCUT2D eigenvalue weighted by Crippen LogP contribution is 2.50. The van der Waals surface area contributed by atoms with Gasteiger partial charge < -0.3 is 0 Å². The van der Waals surface area contributed by atoms with Gasteiger partial charge in [-0.1, -0.05) is 84.6 Å². The quantitative estimate of drug-likeness (QED) is 0.191. The van der Waals surface area contributed by atoms with E-state index in [1.807, 2.05) is 0 Å². The van der Waals surface area contributed by atoms with Gasteiger partial charge in [0.15, 0.2) is 0 Å². The summed E-state index contributed by atoms with van der Waals surface area (Å²) in [5.41, 5.74) is 7.41. The van der Waals surface area contributed by atoms with Crippen LogP contribution >= 0.6 is 40.0 Å². The van der Waals surface area contributed by atoms with E-state index in [1.165, 1.54) is 49.3 Å². The molecule has 0 spiro atoms. The third-order valence-electron chi connectivity index (χ3n) is 6.23. The molecule has 6 rings (SSSR count). The first-order valence-electron chi connectivity index (χ1n) is 11.2. The van der Waals surface area contributed by atoms with Crippen molar-refractivity contribution in [2.24, 2.45) is 0 Å². The first kappa shape index (κ1) is 22.8. The van der Waals surface area contributed by atoms with Crippen LogP contribution in [0.4, 0.5) is 0 Å². The molecule has 3 heterocycles. The molecule has 0 saturated carbocycles. The zero-order chi connectivity index (χ0) is 23.7. The fourth-order valence-corrected chi connectivity index (χ4v) is 11.3. The standard InChI is InChI=1S/C30H21PS4/c32-31(28-10-4-1-7-25(28)22-13-16-33-19-22,29-11-5-2-8-26(29)23-14-17-34-20-23)30-12-6-3-9-27(30)24-15-18-35-21-24/h1-21H. The van der Waals surface area contributed by atoms with E-state index in [0.717, 1.165) is 0 Å². The zero-order valence-electron chi connectivity index (χ0n) is 18.7. The summed E-state index contributed by atoms with van der Waals surface area (Å²) in [6, 6.07) is 30.5. The molecule has 0 atom stereocenters. The minimum atomic E-state index is -2.47. The lowest BCUT2D eigenvalue weighted by Gasteiger charge is -2.30. The van der Waals surface area contributed by atoms with Gasteiger partial charge in [-0.3, -0.25) is 0 Å². The Hall–Kier alpha value is -2.59. The summed E-state index contributed by atoms with van der Waals surface area (Å²) in [7, 11) is 0. The molecular weight excluding hydrogens is 520 g/mol. The number of hydrogen-bond acceptors (Lipinski definition) is 4. The van der Waals surface area contributed by atoms with E-state index in [4.69, 9.17) is 11.8 Å². The van der Waals surface area contributed by atoms with Crippen LogP contribution in [-0.4, -0.2) is 0 Å². The Morgan fingerprint density at radius 3 is 1.03 bits per heavy atom. The van der Waals surface area contributed by atoms with Crippen LogP contribution < -0.4 is 15.9 Å². The third kappa shape index (κ3) is 4.10. The molecule has 3 aromatic heterocycles. The molecule has 0 saturated heterocycles. The Morgan fingerprint density at radius 2 is 0.743 bits per heavy atom. The molecule has 0 amide bonds. The molecule has 0 aliphatic carbocycles. The molecular formula is C30H21PS4. The topological polar surface area (TPSA) is 0 Å². The first-order chi connectivity index (χ1) is 17.3. The van der Waals surface area contributed by atoms with Crippen molar-refractivity contribution in [1.82, 2.24) is 0 Å². The zero-order valence-corrected chi connectivity index (χ0v) is 22.9. The summed E-state index contributed by atoms with van der Waals surface area (Å²) >= 11 is 12.2. The van der Waals surface area contributed by atoms with Crippen molar-refractivity contribution >= 4 is 67.8 Å². The Bertz CT molecular complexity index is 1420. The molecule has 0 fully saturated rings. The SMILES string of the molecule is S=P(c1ccccc1-c1ccsc1)(c1ccccc1-c1ccsc1)c1ccccc1-c1ccsc1. The van der Waals surface area contributed by atoms with Crippen LogP contribution in [0.1, 0.15) is 0 Å². The molecule has 0 aliphatic heterocycles. The lowest BCUT2D eigenvalue weighted by atomic mass is 10.1. The maximum Gasteiger partial charge on any atom is 0.0397 e. The third-order valence-corrected chi connectivity index (χ3v) is 13.3. The summed E-state index contributed by atoms with van der Waals surface area (Å²) < 4.78 is 0. The van der Waals surface area contributed by atoms with Gasteiger partial charge in [-0.05, 0) is 83.9 Å². The average molecular weight is 541 g/mol. The molecule has 0 bridgehead atoms. The van der Waals surface area contributed by atoms with Gasteiger partial charge in [0, 0.05) is 22.0 Å². The highest BCUT2D eigenvalue weighted by Gasteiger charge is 2.32. The molecule has 6 aromatic rings. The normalized spacial score (nSPS) is 11.5. The summed E-state index contributed by atoms with van der Waals surface area (Å²) in [6.07, 6.45) is 0. The number of thiophene rings is 3. The second kappa shape index (κ2) is 9.81. The largest absolute Gasteiger partial charge is 0.152 e. The van der Waals surface area contributed by atoms with Gasteiger partial charge >= 0.3 is 0 Å². The fraction of sp³-hybridized carbons (Fsp3) is 0. The van der Waals surface area contributed by atoms with Crippen LogP contribution in [-0.2, 0) is 11.8 Å². The number of rotatable bonds is 6. The van der Waals surface area contributed by atoms with E-state index >= 15 is 0 Å². The fourth-order valence-electron chi connectivity index (χ4n) is 4.62. The second-order valence-electron chi connectivity index (χ2n) is 8.20. The lowest BCUT2D eigenvalue weighted by molar-refractivity contribution is 1.69. The molecule has 0 unspecified atom stereocenters. The smallest absolute Gasteiger partial charge is 0.0397 e. The molecule has 0 nitrogen and oxygen atoms in total. The van der Waals surface area contributed by atoms with Gasteiger partial charge in [-0.15, -0.1) is 0 Å². The van der Waals surface area contributed by atoms with E-state index < -0.39 is 6.04 Å². The predicted octanol–water partition coefficient (Wildman–Crippen LogP) is 8.63. The van der Waals surface area contributed by atoms with Crippen molar-refractivity contribution in [3.8, 4) is 33.4 Å². The van der Waals surface area contributed by atoms with Crippen molar-refractivity contribution in [1.29, 1.82) is 0 Å². The average Bonchev–Trinajstić information content (AvgIpc) is 3.72. The Labute approximate surface area is 223 Å². The summed E-state index contributed by atoms with van der Waals surface area (Å²) in [4.78, 5) is 0. The molecule has 0 radical (unpaired) electrons. The predicted molar refractivity (Wildman–Crippen MR) is 162 cm³/mol. The van der Waals surface area contributed by atoms with Crippen LogP contribution in [0.5, 0.6) is 0 Å². The molecule has 5 heteroatoms. The van der Waals surface area contributed by atoms with Gasteiger partial charge in [-0.2, -0.15) is 34.0 Å². The van der Waals surface area contributed by atoms with Crippen LogP contribution in [0.2, 0.25) is 0 Å². The van der Waals surface area contributed by atoms with E-state index in [2.05, 4.69) is 123 Å². The maximum absolute atomic E-state index is 7.01.